The highest BCUT2D eigenvalue weighted by molar-refractivity contribution is 6.16. The van der Waals surface area contributed by atoms with Crippen LogP contribution in [0.2, 0.25) is 0 Å². The minimum atomic E-state index is -0.295. The zero-order chi connectivity index (χ0) is 19.8. The van der Waals surface area contributed by atoms with Gasteiger partial charge in [0.1, 0.15) is 11.2 Å². The van der Waals surface area contributed by atoms with Crippen molar-refractivity contribution in [2.75, 3.05) is 26.7 Å². The standard InChI is InChI=1S/C23H19FN4O/c1-28-11-23(12-28)10-26-22(29)19-15-7-6-13-9-25-18(14-4-2-3-5-17(14)24)8-16(13)20(15)27-21(19)23/h2-9,27H,10-12H2,1H3,(H,26,29)/p+1. The van der Waals surface area contributed by atoms with Gasteiger partial charge >= 0.3 is 0 Å². The fraction of sp³-hybridized carbons (Fsp3) is 0.217. The van der Waals surface area contributed by atoms with Gasteiger partial charge in [-0.3, -0.25) is 9.78 Å². The normalized spacial score (nSPS) is 23.2. The molecule has 2 aliphatic rings. The molecule has 6 rings (SSSR count). The second-order valence-corrected chi connectivity index (χ2v) is 8.41. The van der Waals surface area contributed by atoms with Gasteiger partial charge in [-0.05, 0) is 18.2 Å². The molecule has 0 radical (unpaired) electrons. The Labute approximate surface area is 166 Å². The van der Waals surface area contributed by atoms with Crippen molar-refractivity contribution in [1.29, 1.82) is 0 Å². The number of rotatable bonds is 1. The molecule has 144 valence electrons. The molecular formula is C23H20FN4O+. The molecule has 4 aromatic rings. The summed E-state index contributed by atoms with van der Waals surface area (Å²) in [5.74, 6) is -0.319. The van der Waals surface area contributed by atoms with E-state index in [-0.39, 0.29) is 17.1 Å². The van der Waals surface area contributed by atoms with Gasteiger partial charge in [0.2, 0.25) is 0 Å². The Kier molecular flexibility index (Phi) is 3.24. The minimum absolute atomic E-state index is 0.0239. The minimum Gasteiger partial charge on any atom is -0.356 e. The van der Waals surface area contributed by atoms with Crippen LogP contribution in [-0.4, -0.2) is 42.6 Å². The number of likely N-dealkylation sites (tertiary alicyclic amines) is 1. The van der Waals surface area contributed by atoms with Crippen LogP contribution < -0.4 is 10.2 Å². The third-order valence-corrected chi connectivity index (χ3v) is 6.45. The molecule has 0 bridgehead atoms. The maximum Gasteiger partial charge on any atom is 0.253 e. The number of quaternary nitrogens is 1. The van der Waals surface area contributed by atoms with Gasteiger partial charge in [0.15, 0.2) is 0 Å². The number of hydrogen-bond donors (Lipinski definition) is 3. The van der Waals surface area contributed by atoms with Crippen molar-refractivity contribution in [2.45, 2.75) is 5.41 Å². The maximum absolute atomic E-state index is 14.3. The lowest BCUT2D eigenvalue weighted by atomic mass is 9.73. The first kappa shape index (κ1) is 16.7. The molecule has 5 nitrogen and oxygen atoms in total. The Hall–Kier alpha value is -3.25. The third kappa shape index (κ3) is 2.23. The Balaban J connectivity index is 1.63. The van der Waals surface area contributed by atoms with E-state index in [1.807, 2.05) is 24.3 Å². The van der Waals surface area contributed by atoms with Crippen LogP contribution in [0.1, 0.15) is 16.1 Å². The molecule has 2 aromatic heterocycles. The van der Waals surface area contributed by atoms with Crippen molar-refractivity contribution in [2.24, 2.45) is 0 Å². The van der Waals surface area contributed by atoms with Gasteiger partial charge < -0.3 is 15.2 Å². The second-order valence-electron chi connectivity index (χ2n) is 8.41. The summed E-state index contributed by atoms with van der Waals surface area (Å²) in [7, 11) is 2.17. The molecule has 0 saturated carbocycles. The number of aromatic nitrogens is 2. The second kappa shape index (κ2) is 5.64. The summed E-state index contributed by atoms with van der Waals surface area (Å²) in [4.78, 5) is 22.3. The van der Waals surface area contributed by atoms with Crippen molar-refractivity contribution < 1.29 is 14.1 Å². The summed E-state index contributed by atoms with van der Waals surface area (Å²) in [5.41, 5.74) is 3.75. The number of benzene rings is 2. The zero-order valence-electron chi connectivity index (χ0n) is 16.0. The predicted octanol–water partition coefficient (Wildman–Crippen LogP) is 2.03. The first-order chi connectivity index (χ1) is 14.1. The number of H-pyrrole nitrogens is 1. The van der Waals surface area contributed by atoms with Crippen LogP contribution in [0.4, 0.5) is 4.39 Å². The van der Waals surface area contributed by atoms with Gasteiger partial charge in [-0.2, -0.15) is 0 Å². The molecule has 2 aromatic carbocycles. The SMILES string of the molecule is C[NH+]1CC2(CNC(=O)c3c2[nH]c2c3ccc3cnc(-c4ccccc4F)cc32)C1. The monoisotopic (exact) mass is 387 g/mol. The van der Waals surface area contributed by atoms with Gasteiger partial charge in [0.05, 0.1) is 36.9 Å². The molecule has 29 heavy (non-hydrogen) atoms. The molecule has 1 saturated heterocycles. The number of halogens is 1. The third-order valence-electron chi connectivity index (χ3n) is 6.45. The number of amides is 1. The summed E-state index contributed by atoms with van der Waals surface area (Å²) in [6.07, 6.45) is 1.77. The number of carbonyl (C=O) groups excluding carboxylic acids is 1. The van der Waals surface area contributed by atoms with E-state index < -0.39 is 0 Å². The Morgan fingerprint density at radius 3 is 2.76 bits per heavy atom. The number of likely N-dealkylation sites (N-methyl/N-ethyl adjacent to an activating group) is 1. The highest BCUT2D eigenvalue weighted by Gasteiger charge is 2.53. The van der Waals surface area contributed by atoms with Crippen LogP contribution >= 0.6 is 0 Å². The predicted molar refractivity (Wildman–Crippen MR) is 110 cm³/mol. The first-order valence-electron chi connectivity index (χ1n) is 9.85. The lowest BCUT2D eigenvalue weighted by Gasteiger charge is -2.46. The summed E-state index contributed by atoms with van der Waals surface area (Å²) >= 11 is 0. The van der Waals surface area contributed by atoms with Crippen molar-refractivity contribution in [3.63, 3.8) is 0 Å². The molecule has 0 aliphatic carbocycles. The number of pyridine rings is 1. The topological polar surface area (TPSA) is 62.2 Å². The Bertz CT molecular complexity index is 1320. The van der Waals surface area contributed by atoms with Crippen molar-refractivity contribution in [3.8, 4) is 11.3 Å². The molecule has 3 N–H and O–H groups in total. The first-order valence-corrected chi connectivity index (χ1v) is 9.85. The highest BCUT2D eigenvalue weighted by atomic mass is 19.1. The van der Waals surface area contributed by atoms with Crippen molar-refractivity contribution >= 4 is 27.6 Å². The van der Waals surface area contributed by atoms with Crippen LogP contribution in [-0.2, 0) is 5.41 Å². The summed E-state index contributed by atoms with van der Waals surface area (Å²) in [5, 5.41) is 5.92. The van der Waals surface area contributed by atoms with E-state index in [0.29, 0.717) is 17.8 Å². The van der Waals surface area contributed by atoms with E-state index in [0.717, 1.165) is 46.0 Å². The molecule has 4 heterocycles. The van der Waals surface area contributed by atoms with E-state index >= 15 is 0 Å². The summed E-state index contributed by atoms with van der Waals surface area (Å²) in [6, 6.07) is 12.6. The highest BCUT2D eigenvalue weighted by Crippen LogP contribution is 2.38. The molecule has 1 amide bonds. The number of aromatic amines is 1. The van der Waals surface area contributed by atoms with Gasteiger partial charge in [0, 0.05) is 40.2 Å². The van der Waals surface area contributed by atoms with Crippen LogP contribution in [0.25, 0.3) is 32.9 Å². The van der Waals surface area contributed by atoms with E-state index in [1.54, 1.807) is 18.3 Å². The summed E-state index contributed by atoms with van der Waals surface area (Å²) < 4.78 is 14.3. The van der Waals surface area contributed by atoms with E-state index in [1.165, 1.54) is 11.0 Å². The fourth-order valence-corrected chi connectivity index (χ4v) is 5.16. The van der Waals surface area contributed by atoms with E-state index in [2.05, 4.69) is 22.3 Å². The number of nitrogens with one attached hydrogen (secondary N) is 3. The molecule has 2 aliphatic heterocycles. The van der Waals surface area contributed by atoms with Gasteiger partial charge in [-0.15, -0.1) is 0 Å². The average Bonchev–Trinajstić information content (AvgIpc) is 3.11. The smallest absolute Gasteiger partial charge is 0.253 e. The fourth-order valence-electron chi connectivity index (χ4n) is 5.16. The zero-order valence-corrected chi connectivity index (χ0v) is 16.0. The van der Waals surface area contributed by atoms with Gasteiger partial charge in [0.25, 0.3) is 5.91 Å². The van der Waals surface area contributed by atoms with Crippen LogP contribution in [0.15, 0.2) is 48.7 Å². The average molecular weight is 387 g/mol. The number of fused-ring (bicyclic) bond motifs is 6. The van der Waals surface area contributed by atoms with Crippen LogP contribution in [0.3, 0.4) is 0 Å². The van der Waals surface area contributed by atoms with Gasteiger partial charge in [-0.25, -0.2) is 4.39 Å². The number of hydrogen-bond acceptors (Lipinski definition) is 2. The largest absolute Gasteiger partial charge is 0.356 e. The molecule has 0 atom stereocenters. The number of carbonyl (C=O) groups is 1. The van der Waals surface area contributed by atoms with Crippen molar-refractivity contribution in [1.82, 2.24) is 15.3 Å². The van der Waals surface area contributed by atoms with E-state index in [9.17, 15) is 9.18 Å². The molecule has 0 unspecified atom stereocenters. The molecule has 1 fully saturated rings. The van der Waals surface area contributed by atoms with Crippen molar-refractivity contribution in [3.05, 3.63) is 65.7 Å². The van der Waals surface area contributed by atoms with Gasteiger partial charge in [-0.1, -0.05) is 24.3 Å². The Morgan fingerprint density at radius 2 is 1.97 bits per heavy atom. The lowest BCUT2D eigenvalue weighted by molar-refractivity contribution is -0.934. The lowest BCUT2D eigenvalue weighted by Crippen LogP contribution is -3.21. The quantitative estimate of drug-likeness (QED) is 0.468. The molecular weight excluding hydrogens is 367 g/mol. The van der Waals surface area contributed by atoms with Crippen LogP contribution in [0.5, 0.6) is 0 Å². The molecule has 6 heteroatoms. The number of nitrogens with zero attached hydrogens (tertiary/aromatic N) is 1. The Morgan fingerprint density at radius 1 is 1.14 bits per heavy atom. The van der Waals surface area contributed by atoms with Crippen LogP contribution in [0, 0.1) is 5.82 Å². The molecule has 1 spiro atoms. The summed E-state index contributed by atoms with van der Waals surface area (Å²) in [6.45, 7) is 2.66. The maximum atomic E-state index is 14.3. The van der Waals surface area contributed by atoms with E-state index in [4.69, 9.17) is 0 Å².